The maximum Gasteiger partial charge on any atom is 0.0398 e. The summed E-state index contributed by atoms with van der Waals surface area (Å²) in [6, 6.07) is 9.55. The van der Waals surface area contributed by atoms with Crippen molar-refractivity contribution in [3.63, 3.8) is 0 Å². The number of hydrogen-bond donors (Lipinski definition) is 1. The van der Waals surface area contributed by atoms with Gasteiger partial charge in [0.25, 0.3) is 0 Å². The van der Waals surface area contributed by atoms with Crippen LogP contribution in [0.1, 0.15) is 38.2 Å². The third-order valence-corrected chi connectivity index (χ3v) is 4.01. The van der Waals surface area contributed by atoms with Gasteiger partial charge >= 0.3 is 0 Å². The Morgan fingerprint density at radius 2 is 2.11 bits per heavy atom. The number of benzene rings is 1. The molecule has 0 saturated carbocycles. The lowest BCUT2D eigenvalue weighted by Gasteiger charge is -2.31. The van der Waals surface area contributed by atoms with Gasteiger partial charge in [-0.3, -0.25) is 0 Å². The summed E-state index contributed by atoms with van der Waals surface area (Å²) in [5, 5.41) is 3.31. The van der Waals surface area contributed by atoms with E-state index in [1.54, 1.807) is 0 Å². The van der Waals surface area contributed by atoms with Crippen molar-refractivity contribution in [3.8, 4) is 0 Å². The zero-order valence-corrected chi connectivity index (χ0v) is 11.8. The third-order valence-electron chi connectivity index (χ3n) is 4.01. The molecule has 0 aliphatic carbocycles. The molecule has 0 fully saturated rings. The fourth-order valence-corrected chi connectivity index (χ4v) is 2.74. The highest BCUT2D eigenvalue weighted by molar-refractivity contribution is 5.55. The Bertz CT molecular complexity index is 362. The SMILES string of the molecule is CNC(C)CCCCN1CCCc2ccccc21. The number of para-hydroxylation sites is 1. The van der Waals surface area contributed by atoms with E-state index >= 15 is 0 Å². The lowest BCUT2D eigenvalue weighted by Crippen LogP contribution is -2.30. The summed E-state index contributed by atoms with van der Waals surface area (Å²) in [6.45, 7) is 4.71. The summed E-state index contributed by atoms with van der Waals surface area (Å²) < 4.78 is 0. The molecule has 1 aromatic carbocycles. The van der Waals surface area contributed by atoms with Crippen LogP contribution in [0.15, 0.2) is 24.3 Å². The molecule has 1 heterocycles. The molecule has 1 aliphatic heterocycles. The van der Waals surface area contributed by atoms with Crippen molar-refractivity contribution in [1.82, 2.24) is 5.32 Å². The second-order valence-corrected chi connectivity index (χ2v) is 5.40. The van der Waals surface area contributed by atoms with Gasteiger partial charge in [0.1, 0.15) is 0 Å². The predicted octanol–water partition coefficient (Wildman–Crippen LogP) is 3.22. The van der Waals surface area contributed by atoms with Gasteiger partial charge in [0, 0.05) is 24.8 Å². The topological polar surface area (TPSA) is 15.3 Å². The van der Waals surface area contributed by atoms with E-state index in [1.807, 2.05) is 7.05 Å². The van der Waals surface area contributed by atoms with Crippen molar-refractivity contribution >= 4 is 5.69 Å². The van der Waals surface area contributed by atoms with Crippen molar-refractivity contribution in [1.29, 1.82) is 0 Å². The number of aryl methyl sites for hydroxylation is 1. The van der Waals surface area contributed by atoms with Crippen molar-refractivity contribution < 1.29 is 0 Å². The molecule has 1 atom stereocenters. The van der Waals surface area contributed by atoms with E-state index < -0.39 is 0 Å². The number of unbranched alkanes of at least 4 members (excludes halogenated alkanes) is 1. The summed E-state index contributed by atoms with van der Waals surface area (Å²) in [5.74, 6) is 0. The first kappa shape index (κ1) is 13.4. The van der Waals surface area contributed by atoms with Crippen LogP contribution in [-0.4, -0.2) is 26.2 Å². The van der Waals surface area contributed by atoms with E-state index in [4.69, 9.17) is 0 Å². The highest BCUT2D eigenvalue weighted by Crippen LogP contribution is 2.26. The molecule has 0 spiro atoms. The highest BCUT2D eigenvalue weighted by Gasteiger charge is 2.15. The van der Waals surface area contributed by atoms with Gasteiger partial charge in [-0.05, 0) is 51.3 Å². The van der Waals surface area contributed by atoms with Gasteiger partial charge in [0.05, 0.1) is 0 Å². The smallest absolute Gasteiger partial charge is 0.0398 e. The van der Waals surface area contributed by atoms with Crippen LogP contribution in [0.2, 0.25) is 0 Å². The van der Waals surface area contributed by atoms with Gasteiger partial charge < -0.3 is 10.2 Å². The molecule has 1 aliphatic rings. The van der Waals surface area contributed by atoms with Crippen LogP contribution in [-0.2, 0) is 6.42 Å². The Hall–Kier alpha value is -1.02. The Kier molecular flexibility index (Phi) is 5.06. The summed E-state index contributed by atoms with van der Waals surface area (Å²) in [7, 11) is 2.05. The van der Waals surface area contributed by atoms with Crippen LogP contribution >= 0.6 is 0 Å². The molecule has 2 heteroatoms. The van der Waals surface area contributed by atoms with Gasteiger partial charge in [-0.15, -0.1) is 0 Å². The maximum atomic E-state index is 3.31. The fourth-order valence-electron chi connectivity index (χ4n) is 2.74. The maximum absolute atomic E-state index is 3.31. The summed E-state index contributed by atoms with van der Waals surface area (Å²) in [5.41, 5.74) is 3.01. The molecule has 0 radical (unpaired) electrons. The predicted molar refractivity (Wildman–Crippen MR) is 79.3 cm³/mol. The number of hydrogen-bond acceptors (Lipinski definition) is 2. The normalized spacial score (nSPS) is 16.4. The van der Waals surface area contributed by atoms with Crippen molar-refractivity contribution in [2.24, 2.45) is 0 Å². The average molecular weight is 246 g/mol. The molecule has 1 unspecified atom stereocenters. The second kappa shape index (κ2) is 6.79. The van der Waals surface area contributed by atoms with Crippen LogP contribution in [0.3, 0.4) is 0 Å². The minimum absolute atomic E-state index is 0.652. The van der Waals surface area contributed by atoms with Gasteiger partial charge in [0.15, 0.2) is 0 Å². The van der Waals surface area contributed by atoms with Crippen LogP contribution < -0.4 is 10.2 Å². The quantitative estimate of drug-likeness (QED) is 0.775. The minimum Gasteiger partial charge on any atom is -0.371 e. The molecule has 0 aromatic heterocycles. The van der Waals surface area contributed by atoms with E-state index in [2.05, 4.69) is 41.4 Å². The van der Waals surface area contributed by atoms with Crippen molar-refractivity contribution in [2.75, 3.05) is 25.0 Å². The first-order chi connectivity index (χ1) is 8.81. The van der Waals surface area contributed by atoms with E-state index in [1.165, 1.54) is 56.4 Å². The van der Waals surface area contributed by atoms with E-state index in [9.17, 15) is 0 Å². The molecule has 1 N–H and O–H groups in total. The number of nitrogens with one attached hydrogen (secondary N) is 1. The van der Waals surface area contributed by atoms with Crippen LogP contribution in [0.5, 0.6) is 0 Å². The third kappa shape index (κ3) is 3.49. The van der Waals surface area contributed by atoms with Gasteiger partial charge in [-0.25, -0.2) is 0 Å². The Labute approximate surface area is 111 Å². The molecule has 2 nitrogen and oxygen atoms in total. The van der Waals surface area contributed by atoms with E-state index in [0.717, 1.165) is 0 Å². The molecule has 2 rings (SSSR count). The van der Waals surface area contributed by atoms with Crippen LogP contribution in [0.4, 0.5) is 5.69 Å². The molecule has 18 heavy (non-hydrogen) atoms. The summed E-state index contributed by atoms with van der Waals surface area (Å²) in [4.78, 5) is 2.57. The molecule has 0 saturated heterocycles. The molecule has 1 aromatic rings. The number of nitrogens with zero attached hydrogens (tertiary/aromatic N) is 1. The molecule has 0 amide bonds. The number of rotatable bonds is 6. The average Bonchev–Trinajstić information content (AvgIpc) is 2.43. The summed E-state index contributed by atoms with van der Waals surface area (Å²) in [6.07, 6.45) is 6.47. The van der Waals surface area contributed by atoms with Gasteiger partial charge in [0.2, 0.25) is 0 Å². The standard InChI is InChI=1S/C16H26N2/c1-14(17-2)8-5-6-12-18-13-7-10-15-9-3-4-11-16(15)18/h3-4,9,11,14,17H,5-8,10,12-13H2,1-2H3. The molecule has 0 bridgehead atoms. The van der Waals surface area contributed by atoms with E-state index in [-0.39, 0.29) is 0 Å². The first-order valence-corrected chi connectivity index (χ1v) is 7.31. The first-order valence-electron chi connectivity index (χ1n) is 7.31. The Balaban J connectivity index is 1.81. The minimum atomic E-state index is 0.652. The highest BCUT2D eigenvalue weighted by atomic mass is 15.1. The summed E-state index contributed by atoms with van der Waals surface area (Å²) >= 11 is 0. The molecular formula is C16H26N2. The Morgan fingerprint density at radius 3 is 2.94 bits per heavy atom. The lowest BCUT2D eigenvalue weighted by atomic mass is 10.0. The van der Waals surface area contributed by atoms with Crippen molar-refractivity contribution in [2.45, 2.75) is 45.1 Å². The van der Waals surface area contributed by atoms with Crippen molar-refractivity contribution in [3.05, 3.63) is 29.8 Å². The van der Waals surface area contributed by atoms with Crippen LogP contribution in [0, 0.1) is 0 Å². The largest absolute Gasteiger partial charge is 0.371 e. The van der Waals surface area contributed by atoms with Gasteiger partial charge in [-0.2, -0.15) is 0 Å². The molecule has 100 valence electrons. The molecular weight excluding hydrogens is 220 g/mol. The number of fused-ring (bicyclic) bond motifs is 1. The lowest BCUT2D eigenvalue weighted by molar-refractivity contribution is 0.523. The Morgan fingerprint density at radius 1 is 1.28 bits per heavy atom. The van der Waals surface area contributed by atoms with E-state index in [0.29, 0.717) is 6.04 Å². The van der Waals surface area contributed by atoms with Crippen LogP contribution in [0.25, 0.3) is 0 Å². The zero-order valence-electron chi connectivity index (χ0n) is 11.8. The monoisotopic (exact) mass is 246 g/mol. The number of anilines is 1. The second-order valence-electron chi connectivity index (χ2n) is 5.40. The van der Waals surface area contributed by atoms with Gasteiger partial charge in [-0.1, -0.05) is 24.6 Å². The fraction of sp³-hybridized carbons (Fsp3) is 0.625. The zero-order chi connectivity index (χ0) is 12.8.